The van der Waals surface area contributed by atoms with E-state index in [1.807, 2.05) is 56.3 Å². The molecule has 0 atom stereocenters. The zero-order chi connectivity index (χ0) is 17.6. The molecule has 0 aromatic heterocycles. The molecular formula is C19H20N2O4. The van der Waals surface area contributed by atoms with Gasteiger partial charge in [-0.15, -0.1) is 0 Å². The van der Waals surface area contributed by atoms with Gasteiger partial charge in [0.25, 0.3) is 5.91 Å². The van der Waals surface area contributed by atoms with Gasteiger partial charge in [0.1, 0.15) is 19.0 Å². The Morgan fingerprint density at radius 1 is 1.16 bits per heavy atom. The fraction of sp³-hybridized carbons (Fsp3) is 0.263. The van der Waals surface area contributed by atoms with E-state index in [0.717, 1.165) is 16.9 Å². The molecule has 2 aromatic rings. The zero-order valence-electron chi connectivity index (χ0n) is 14.2. The number of aryl methyl sites for hydroxylation is 1. The van der Waals surface area contributed by atoms with E-state index in [-0.39, 0.29) is 12.5 Å². The van der Waals surface area contributed by atoms with Gasteiger partial charge >= 0.3 is 0 Å². The van der Waals surface area contributed by atoms with Crippen LogP contribution in [0.25, 0.3) is 0 Å². The fourth-order valence-corrected chi connectivity index (χ4v) is 2.37. The van der Waals surface area contributed by atoms with Gasteiger partial charge in [0.15, 0.2) is 18.1 Å². The number of rotatable bonds is 5. The van der Waals surface area contributed by atoms with Gasteiger partial charge in [-0.3, -0.25) is 4.79 Å². The number of nitrogens with one attached hydrogen (secondary N) is 1. The molecule has 1 heterocycles. The van der Waals surface area contributed by atoms with Crippen LogP contribution in [-0.2, 0) is 4.79 Å². The second-order valence-corrected chi connectivity index (χ2v) is 5.70. The molecule has 1 aliphatic rings. The second-order valence-electron chi connectivity index (χ2n) is 5.70. The molecule has 2 aromatic carbocycles. The molecule has 130 valence electrons. The quantitative estimate of drug-likeness (QED) is 0.671. The first kappa shape index (κ1) is 16.8. The first-order valence-corrected chi connectivity index (χ1v) is 8.04. The van der Waals surface area contributed by atoms with E-state index in [9.17, 15) is 4.79 Å². The van der Waals surface area contributed by atoms with Crippen LogP contribution in [-0.4, -0.2) is 31.4 Å². The van der Waals surface area contributed by atoms with E-state index >= 15 is 0 Å². The molecule has 1 N–H and O–H groups in total. The largest absolute Gasteiger partial charge is 0.486 e. The summed E-state index contributed by atoms with van der Waals surface area (Å²) >= 11 is 0. The summed E-state index contributed by atoms with van der Waals surface area (Å²) in [6.07, 6.45) is 0. The van der Waals surface area contributed by atoms with Crippen molar-refractivity contribution in [3.63, 3.8) is 0 Å². The highest BCUT2D eigenvalue weighted by Gasteiger charge is 2.12. The standard InChI is InChI=1S/C19H20N2O4/c1-13-4-3-5-16(10-13)25-12-19(22)21-20-14(2)15-6-7-17-18(11-15)24-9-8-23-17/h3-7,10-11H,8-9,12H2,1-2H3,(H,21,22)/b20-14-. The maximum absolute atomic E-state index is 11.9. The molecule has 0 aliphatic carbocycles. The van der Waals surface area contributed by atoms with Crippen LogP contribution in [0.5, 0.6) is 17.2 Å². The highest BCUT2D eigenvalue weighted by Crippen LogP contribution is 2.30. The highest BCUT2D eigenvalue weighted by atomic mass is 16.6. The SMILES string of the molecule is C/C(=N/NC(=O)COc1cccc(C)c1)c1ccc2c(c1)OCCO2. The van der Waals surface area contributed by atoms with E-state index in [1.54, 1.807) is 0 Å². The van der Waals surface area contributed by atoms with E-state index in [0.29, 0.717) is 30.4 Å². The number of amides is 1. The second kappa shape index (κ2) is 7.70. The van der Waals surface area contributed by atoms with Crippen LogP contribution in [0.3, 0.4) is 0 Å². The normalized spacial score (nSPS) is 13.3. The van der Waals surface area contributed by atoms with Crippen LogP contribution in [0.4, 0.5) is 0 Å². The Labute approximate surface area is 146 Å². The molecular weight excluding hydrogens is 320 g/mol. The molecule has 6 nitrogen and oxygen atoms in total. The van der Waals surface area contributed by atoms with Crippen molar-refractivity contribution in [2.75, 3.05) is 19.8 Å². The molecule has 0 fully saturated rings. The Morgan fingerprint density at radius 2 is 1.96 bits per heavy atom. The van der Waals surface area contributed by atoms with E-state index < -0.39 is 0 Å². The van der Waals surface area contributed by atoms with Crippen molar-refractivity contribution in [1.82, 2.24) is 5.43 Å². The zero-order valence-corrected chi connectivity index (χ0v) is 14.2. The van der Waals surface area contributed by atoms with Crippen molar-refractivity contribution in [3.8, 4) is 17.2 Å². The molecule has 0 bridgehead atoms. The Hall–Kier alpha value is -3.02. The van der Waals surface area contributed by atoms with Gasteiger partial charge in [0, 0.05) is 5.56 Å². The molecule has 3 rings (SSSR count). The van der Waals surface area contributed by atoms with Crippen molar-refractivity contribution >= 4 is 11.6 Å². The molecule has 25 heavy (non-hydrogen) atoms. The van der Waals surface area contributed by atoms with Crippen LogP contribution < -0.4 is 19.6 Å². The number of ether oxygens (including phenoxy) is 3. The number of hydrogen-bond donors (Lipinski definition) is 1. The molecule has 0 saturated heterocycles. The summed E-state index contributed by atoms with van der Waals surface area (Å²) in [5.41, 5.74) is 5.09. The maximum Gasteiger partial charge on any atom is 0.277 e. The third kappa shape index (κ3) is 4.50. The number of carbonyl (C=O) groups is 1. The summed E-state index contributed by atoms with van der Waals surface area (Å²) in [5.74, 6) is 1.74. The van der Waals surface area contributed by atoms with Gasteiger partial charge in [-0.1, -0.05) is 12.1 Å². The third-order valence-electron chi connectivity index (χ3n) is 3.67. The Bertz CT molecular complexity index is 802. The molecule has 0 radical (unpaired) electrons. The highest BCUT2D eigenvalue weighted by molar-refractivity contribution is 5.99. The minimum absolute atomic E-state index is 0.0959. The van der Waals surface area contributed by atoms with Gasteiger partial charge in [-0.25, -0.2) is 5.43 Å². The van der Waals surface area contributed by atoms with E-state index in [1.165, 1.54) is 0 Å². The van der Waals surface area contributed by atoms with E-state index in [4.69, 9.17) is 14.2 Å². The van der Waals surface area contributed by atoms with Crippen LogP contribution in [0.1, 0.15) is 18.1 Å². The average molecular weight is 340 g/mol. The van der Waals surface area contributed by atoms with Gasteiger partial charge in [-0.2, -0.15) is 5.10 Å². The lowest BCUT2D eigenvalue weighted by atomic mass is 10.1. The Kier molecular flexibility index (Phi) is 5.18. The number of hydrogen-bond acceptors (Lipinski definition) is 5. The van der Waals surface area contributed by atoms with Crippen molar-refractivity contribution in [2.24, 2.45) is 5.10 Å². The Balaban J connectivity index is 1.56. The lowest BCUT2D eigenvalue weighted by Crippen LogP contribution is -2.25. The van der Waals surface area contributed by atoms with Crippen molar-refractivity contribution < 1.29 is 19.0 Å². The van der Waals surface area contributed by atoms with Crippen LogP contribution in [0.2, 0.25) is 0 Å². The maximum atomic E-state index is 11.9. The summed E-state index contributed by atoms with van der Waals surface area (Å²) in [7, 11) is 0. The molecule has 0 saturated carbocycles. The number of fused-ring (bicyclic) bond motifs is 1. The monoisotopic (exact) mass is 340 g/mol. The minimum Gasteiger partial charge on any atom is -0.486 e. The molecule has 0 spiro atoms. The van der Waals surface area contributed by atoms with Crippen LogP contribution in [0, 0.1) is 6.92 Å². The number of hydrazone groups is 1. The first-order chi connectivity index (χ1) is 12.1. The molecule has 0 unspecified atom stereocenters. The van der Waals surface area contributed by atoms with Crippen molar-refractivity contribution in [2.45, 2.75) is 13.8 Å². The fourth-order valence-electron chi connectivity index (χ4n) is 2.37. The van der Waals surface area contributed by atoms with Gasteiger partial charge < -0.3 is 14.2 Å². The summed E-state index contributed by atoms with van der Waals surface area (Å²) in [6.45, 7) is 4.76. The summed E-state index contributed by atoms with van der Waals surface area (Å²) in [6, 6.07) is 13.1. The topological polar surface area (TPSA) is 69.2 Å². The van der Waals surface area contributed by atoms with Crippen molar-refractivity contribution in [3.05, 3.63) is 53.6 Å². The number of nitrogens with zero attached hydrogens (tertiary/aromatic N) is 1. The number of benzene rings is 2. The lowest BCUT2D eigenvalue weighted by Gasteiger charge is -2.18. The van der Waals surface area contributed by atoms with Crippen LogP contribution in [0.15, 0.2) is 47.6 Å². The predicted octanol–water partition coefficient (Wildman–Crippen LogP) is 2.69. The molecule has 6 heteroatoms. The van der Waals surface area contributed by atoms with Gasteiger partial charge in [-0.05, 0) is 49.7 Å². The summed E-state index contributed by atoms with van der Waals surface area (Å²) < 4.78 is 16.5. The molecule has 1 amide bonds. The number of carbonyl (C=O) groups excluding carboxylic acids is 1. The minimum atomic E-state index is -0.321. The lowest BCUT2D eigenvalue weighted by molar-refractivity contribution is -0.123. The third-order valence-corrected chi connectivity index (χ3v) is 3.67. The average Bonchev–Trinajstić information content (AvgIpc) is 2.64. The van der Waals surface area contributed by atoms with Crippen molar-refractivity contribution in [1.29, 1.82) is 0 Å². The van der Waals surface area contributed by atoms with E-state index in [2.05, 4.69) is 10.5 Å². The first-order valence-electron chi connectivity index (χ1n) is 8.04. The van der Waals surface area contributed by atoms with Gasteiger partial charge in [0.2, 0.25) is 0 Å². The molecule has 1 aliphatic heterocycles. The Morgan fingerprint density at radius 3 is 2.76 bits per heavy atom. The smallest absolute Gasteiger partial charge is 0.277 e. The summed E-state index contributed by atoms with van der Waals surface area (Å²) in [4.78, 5) is 11.9. The predicted molar refractivity (Wildman–Crippen MR) is 94.5 cm³/mol. The summed E-state index contributed by atoms with van der Waals surface area (Å²) in [5, 5.41) is 4.11. The van der Waals surface area contributed by atoms with Crippen LogP contribution >= 0.6 is 0 Å². The van der Waals surface area contributed by atoms with Gasteiger partial charge in [0.05, 0.1) is 5.71 Å².